The van der Waals surface area contributed by atoms with Gasteiger partial charge in [-0.05, 0) is 132 Å². The van der Waals surface area contributed by atoms with Crippen molar-refractivity contribution in [2.45, 2.75) is 76.9 Å². The summed E-state index contributed by atoms with van der Waals surface area (Å²) in [5.74, 6) is 6.67. The Kier molecular flexibility index (Phi) is 10.8. The second-order valence-electron chi connectivity index (χ2n) is 15.0. The molecule has 3 aliphatic rings. The minimum Gasteiger partial charge on any atom is -0.373 e. The fourth-order valence-corrected chi connectivity index (χ4v) is 7.68. The molecule has 0 atom stereocenters. The molecule has 8 nitrogen and oxygen atoms in total. The van der Waals surface area contributed by atoms with Gasteiger partial charge in [0.05, 0.1) is 47.8 Å². The molecule has 5 heterocycles. The van der Waals surface area contributed by atoms with Gasteiger partial charge in [0.15, 0.2) is 0 Å². The van der Waals surface area contributed by atoms with Crippen LogP contribution in [0.5, 0.6) is 0 Å². The number of aryl methyl sites for hydroxylation is 1. The van der Waals surface area contributed by atoms with Gasteiger partial charge < -0.3 is 20.1 Å². The SMILES string of the molecule is CC(C)(C#N)c1ccc(NCC#Cc2cc3cc(CCC4CCN(C(=O)CN5CCC6(CCNC6)CC5)CC4)ccc3n2CC(F)(F)F)cn1. The number of likely N-dealkylation sites (tertiary alicyclic amines) is 2. The van der Waals surface area contributed by atoms with Crippen LogP contribution >= 0.6 is 0 Å². The van der Waals surface area contributed by atoms with Gasteiger partial charge in [0.25, 0.3) is 0 Å². The molecule has 0 radical (unpaired) electrons. The van der Waals surface area contributed by atoms with Gasteiger partial charge in [-0.25, -0.2) is 0 Å². The van der Waals surface area contributed by atoms with Crippen LogP contribution in [0, 0.1) is 34.5 Å². The lowest BCUT2D eigenvalue weighted by atomic mass is 9.78. The first kappa shape index (κ1) is 35.8. The number of pyridine rings is 1. The summed E-state index contributed by atoms with van der Waals surface area (Å²) in [6.45, 7) is 9.08. The van der Waals surface area contributed by atoms with Crippen molar-refractivity contribution in [1.82, 2.24) is 24.7 Å². The molecule has 1 aromatic carbocycles. The fourth-order valence-electron chi connectivity index (χ4n) is 7.68. The number of amides is 1. The summed E-state index contributed by atoms with van der Waals surface area (Å²) in [7, 11) is 0. The summed E-state index contributed by atoms with van der Waals surface area (Å²) < 4.78 is 42.0. The average Bonchev–Trinajstić information content (AvgIpc) is 3.70. The quantitative estimate of drug-likeness (QED) is 0.264. The fraction of sp³-hybridized carbons (Fsp3) is 0.564. The highest BCUT2D eigenvalue weighted by Gasteiger charge is 2.37. The normalized spacial score (nSPS) is 18.6. The van der Waals surface area contributed by atoms with Crippen LogP contribution in [0.2, 0.25) is 0 Å². The molecule has 1 spiro atoms. The number of carbonyl (C=O) groups excluding carboxylic acids is 1. The Hall–Kier alpha value is -4.06. The molecule has 3 aliphatic heterocycles. The molecular formula is C39H48F3N7O. The van der Waals surface area contributed by atoms with Crippen LogP contribution in [0.15, 0.2) is 42.6 Å². The van der Waals surface area contributed by atoms with Crippen molar-refractivity contribution in [1.29, 1.82) is 5.26 Å². The molecule has 11 heteroatoms. The number of nitrogens with one attached hydrogen (secondary N) is 2. The molecule has 3 aromatic rings. The number of nitriles is 1. The average molecular weight is 688 g/mol. The third kappa shape index (κ3) is 8.80. The Morgan fingerprint density at radius 3 is 2.52 bits per heavy atom. The van der Waals surface area contributed by atoms with Crippen LogP contribution < -0.4 is 10.6 Å². The van der Waals surface area contributed by atoms with Crippen molar-refractivity contribution in [3.63, 3.8) is 0 Å². The predicted molar refractivity (Wildman–Crippen MR) is 189 cm³/mol. The Morgan fingerprint density at radius 1 is 1.08 bits per heavy atom. The zero-order valence-electron chi connectivity index (χ0n) is 29.2. The van der Waals surface area contributed by atoms with Crippen LogP contribution in [0.25, 0.3) is 10.9 Å². The maximum absolute atomic E-state index is 13.6. The molecule has 0 unspecified atom stereocenters. The Morgan fingerprint density at radius 2 is 1.86 bits per heavy atom. The van der Waals surface area contributed by atoms with Gasteiger partial charge in [-0.3, -0.25) is 14.7 Å². The maximum Gasteiger partial charge on any atom is 0.406 e. The van der Waals surface area contributed by atoms with Crippen LogP contribution in [0.3, 0.4) is 0 Å². The summed E-state index contributed by atoms with van der Waals surface area (Å²) in [6.07, 6.45) is 4.65. The highest BCUT2D eigenvalue weighted by Crippen LogP contribution is 2.37. The molecule has 2 aromatic heterocycles. The number of halogens is 3. The van der Waals surface area contributed by atoms with Crippen LogP contribution in [0.4, 0.5) is 18.9 Å². The van der Waals surface area contributed by atoms with E-state index in [1.807, 2.05) is 23.1 Å². The van der Waals surface area contributed by atoms with E-state index in [0.29, 0.717) is 40.5 Å². The van der Waals surface area contributed by atoms with Crippen LogP contribution in [-0.2, 0) is 23.2 Å². The van der Waals surface area contributed by atoms with Crippen LogP contribution in [-0.4, -0.2) is 83.8 Å². The van der Waals surface area contributed by atoms with Crippen molar-refractivity contribution < 1.29 is 18.0 Å². The first-order valence-electron chi connectivity index (χ1n) is 17.9. The van der Waals surface area contributed by atoms with Gasteiger partial charge in [-0.1, -0.05) is 12.0 Å². The molecule has 3 fully saturated rings. The molecule has 3 saturated heterocycles. The molecule has 0 saturated carbocycles. The molecule has 0 aliphatic carbocycles. The number of rotatable bonds is 9. The minimum atomic E-state index is -4.38. The number of aromatic nitrogens is 2. The summed E-state index contributed by atoms with van der Waals surface area (Å²) in [5, 5.41) is 16.7. The molecule has 1 amide bonds. The summed E-state index contributed by atoms with van der Waals surface area (Å²) in [5.41, 5.74) is 3.04. The topological polar surface area (TPSA) is 89.2 Å². The zero-order chi connectivity index (χ0) is 35.4. The second-order valence-corrected chi connectivity index (χ2v) is 15.0. The first-order valence-corrected chi connectivity index (χ1v) is 17.9. The highest BCUT2D eigenvalue weighted by atomic mass is 19.4. The molecule has 6 rings (SSSR count). The highest BCUT2D eigenvalue weighted by molar-refractivity contribution is 5.83. The third-order valence-corrected chi connectivity index (χ3v) is 11.0. The van der Waals surface area contributed by atoms with Crippen molar-refractivity contribution in [3.05, 3.63) is 59.5 Å². The smallest absolute Gasteiger partial charge is 0.373 e. The molecular weight excluding hydrogens is 639 g/mol. The third-order valence-electron chi connectivity index (χ3n) is 11.0. The monoisotopic (exact) mass is 687 g/mol. The Bertz CT molecular complexity index is 1740. The lowest BCUT2D eigenvalue weighted by Gasteiger charge is -2.40. The van der Waals surface area contributed by atoms with Crippen molar-refractivity contribution >= 4 is 22.5 Å². The van der Waals surface area contributed by atoms with Gasteiger partial charge in [0.1, 0.15) is 6.54 Å². The lowest BCUT2D eigenvalue weighted by molar-refractivity contribution is -0.140. The van der Waals surface area contributed by atoms with E-state index in [-0.39, 0.29) is 12.5 Å². The van der Waals surface area contributed by atoms with Gasteiger partial charge in [0, 0.05) is 30.5 Å². The maximum atomic E-state index is 13.6. The molecule has 2 N–H and O–H groups in total. The number of piperidine rings is 2. The van der Waals surface area contributed by atoms with E-state index in [1.54, 1.807) is 38.2 Å². The summed E-state index contributed by atoms with van der Waals surface area (Å²) in [4.78, 5) is 21.8. The number of fused-ring (bicyclic) bond motifs is 1. The number of hydrogen-bond donors (Lipinski definition) is 2. The minimum absolute atomic E-state index is 0.225. The zero-order valence-corrected chi connectivity index (χ0v) is 29.2. The van der Waals surface area contributed by atoms with E-state index in [9.17, 15) is 23.2 Å². The summed E-state index contributed by atoms with van der Waals surface area (Å²) in [6, 6.07) is 13.3. The number of benzene rings is 1. The van der Waals surface area contributed by atoms with E-state index < -0.39 is 18.1 Å². The van der Waals surface area contributed by atoms with E-state index in [2.05, 4.69) is 38.4 Å². The largest absolute Gasteiger partial charge is 0.406 e. The number of hydrogen-bond acceptors (Lipinski definition) is 6. The number of alkyl halides is 3. The number of anilines is 1. The van der Waals surface area contributed by atoms with E-state index in [0.717, 1.165) is 75.9 Å². The van der Waals surface area contributed by atoms with Gasteiger partial charge >= 0.3 is 6.18 Å². The second kappa shape index (κ2) is 15.0. The van der Waals surface area contributed by atoms with Gasteiger partial charge in [-0.15, -0.1) is 0 Å². The van der Waals surface area contributed by atoms with E-state index in [1.165, 1.54) is 23.8 Å². The molecule has 266 valence electrons. The van der Waals surface area contributed by atoms with Gasteiger partial charge in [0.2, 0.25) is 5.91 Å². The van der Waals surface area contributed by atoms with Crippen molar-refractivity contribution in [2.75, 3.05) is 57.7 Å². The molecule has 50 heavy (non-hydrogen) atoms. The Balaban J connectivity index is 1.01. The van der Waals surface area contributed by atoms with E-state index in [4.69, 9.17) is 0 Å². The van der Waals surface area contributed by atoms with E-state index >= 15 is 0 Å². The first-order chi connectivity index (χ1) is 23.9. The van der Waals surface area contributed by atoms with Gasteiger partial charge in [-0.2, -0.15) is 18.4 Å². The number of nitrogens with zero attached hydrogens (tertiary/aromatic N) is 5. The summed E-state index contributed by atoms with van der Waals surface area (Å²) >= 11 is 0. The van der Waals surface area contributed by atoms with Crippen molar-refractivity contribution in [3.8, 4) is 17.9 Å². The van der Waals surface area contributed by atoms with Crippen molar-refractivity contribution in [2.24, 2.45) is 11.3 Å². The Labute approximate surface area is 293 Å². The predicted octanol–water partition coefficient (Wildman–Crippen LogP) is 6.11. The standard InChI is InChI=1S/C39H48F3N7O/c1-37(2,26-43)35-10-8-32(24-46-35)45-16-3-4-33-23-31-22-30(7-9-34(31)49(33)28-39(40,41)42)6-5-29-11-18-48(19-12-29)36(50)25-47-20-14-38(15-21-47)13-17-44-27-38/h7-10,22-24,29,44-45H,5-6,11-21,25,27-28H2,1-2H3. The number of carbonyl (C=O) groups is 1. The van der Waals surface area contributed by atoms with Crippen LogP contribution in [0.1, 0.15) is 69.3 Å². The lowest BCUT2D eigenvalue weighted by Crippen LogP contribution is -2.48. The molecule has 0 bridgehead atoms.